The van der Waals surface area contributed by atoms with Crippen molar-refractivity contribution in [1.82, 2.24) is 10.2 Å². The number of ether oxygens (including phenoxy) is 1. The van der Waals surface area contributed by atoms with Crippen LogP contribution in [0.2, 0.25) is 0 Å². The molecule has 0 aliphatic heterocycles. The topological polar surface area (TPSA) is 58.6 Å². The zero-order valence-electron chi connectivity index (χ0n) is 16.8. The van der Waals surface area contributed by atoms with E-state index in [0.29, 0.717) is 32.0 Å². The molecule has 0 radical (unpaired) electrons. The summed E-state index contributed by atoms with van der Waals surface area (Å²) in [6.45, 7) is 5.96. The van der Waals surface area contributed by atoms with E-state index in [1.165, 1.54) is 18.2 Å². The minimum absolute atomic E-state index is 0.00931. The van der Waals surface area contributed by atoms with Crippen LogP contribution in [0.3, 0.4) is 0 Å². The number of nitrogens with zero attached hydrogens (tertiary/aromatic N) is 1. The second kappa shape index (κ2) is 9.69. The van der Waals surface area contributed by atoms with Crippen molar-refractivity contribution in [2.24, 2.45) is 5.92 Å². The van der Waals surface area contributed by atoms with Crippen LogP contribution in [0.4, 0.5) is 0 Å². The number of carbonyl (C=O) groups is 2. The summed E-state index contributed by atoms with van der Waals surface area (Å²) >= 11 is 0. The molecule has 1 atom stereocenters. The van der Waals surface area contributed by atoms with Crippen LogP contribution in [0.1, 0.15) is 44.7 Å². The zero-order valence-corrected chi connectivity index (χ0v) is 16.8. The van der Waals surface area contributed by atoms with E-state index >= 15 is 0 Å². The highest BCUT2D eigenvalue weighted by atomic mass is 16.5. The molecular formula is C23H30N2O3. The summed E-state index contributed by atoms with van der Waals surface area (Å²) in [6, 6.07) is 14.3. The van der Waals surface area contributed by atoms with Crippen LogP contribution >= 0.6 is 0 Å². The molecule has 3 rings (SSSR count). The van der Waals surface area contributed by atoms with Gasteiger partial charge in [-0.3, -0.25) is 14.5 Å². The Morgan fingerprint density at radius 3 is 2.68 bits per heavy atom. The van der Waals surface area contributed by atoms with Crippen LogP contribution in [-0.4, -0.2) is 43.0 Å². The molecule has 1 amide bonds. The molecule has 1 N–H and O–H groups in total. The molecule has 1 aliphatic rings. The third-order valence-corrected chi connectivity index (χ3v) is 5.19. The fourth-order valence-corrected chi connectivity index (χ4v) is 3.58. The van der Waals surface area contributed by atoms with Gasteiger partial charge >= 0.3 is 5.97 Å². The summed E-state index contributed by atoms with van der Waals surface area (Å²) in [7, 11) is 0. The first-order valence-corrected chi connectivity index (χ1v) is 10.2. The molecule has 0 bridgehead atoms. The van der Waals surface area contributed by atoms with Crippen LogP contribution in [0.25, 0.3) is 10.8 Å². The molecule has 28 heavy (non-hydrogen) atoms. The van der Waals surface area contributed by atoms with E-state index in [9.17, 15) is 9.59 Å². The quantitative estimate of drug-likeness (QED) is 0.637. The predicted molar refractivity (Wildman–Crippen MR) is 111 cm³/mol. The lowest BCUT2D eigenvalue weighted by atomic mass is 10.00. The number of nitrogens with one attached hydrogen (secondary N) is 1. The maximum Gasteiger partial charge on any atom is 0.307 e. The van der Waals surface area contributed by atoms with E-state index in [-0.39, 0.29) is 17.9 Å². The van der Waals surface area contributed by atoms with Crippen LogP contribution in [0.15, 0.2) is 42.5 Å². The maximum atomic E-state index is 12.7. The Morgan fingerprint density at radius 2 is 1.93 bits per heavy atom. The van der Waals surface area contributed by atoms with Crippen LogP contribution in [-0.2, 0) is 14.3 Å². The summed E-state index contributed by atoms with van der Waals surface area (Å²) in [5.74, 6) is 0.447. The number of carbonyl (C=O) groups excluding carboxylic acids is 2. The summed E-state index contributed by atoms with van der Waals surface area (Å²) in [4.78, 5) is 26.4. The zero-order chi connectivity index (χ0) is 19.9. The number of benzene rings is 2. The Bertz CT molecular complexity index is 811. The van der Waals surface area contributed by atoms with Crippen molar-refractivity contribution in [3.63, 3.8) is 0 Å². The molecule has 5 nitrogen and oxygen atoms in total. The Hall–Kier alpha value is -2.40. The van der Waals surface area contributed by atoms with Crippen molar-refractivity contribution in [2.45, 2.75) is 39.2 Å². The SMILES string of the molecule is CCOC(=O)CCN(CC(=O)NC(C)c1cccc2ccccc12)CC1CC1. The van der Waals surface area contributed by atoms with Gasteiger partial charge < -0.3 is 10.1 Å². The molecule has 2 aromatic carbocycles. The minimum Gasteiger partial charge on any atom is -0.466 e. The van der Waals surface area contributed by atoms with Crippen LogP contribution in [0.5, 0.6) is 0 Å². The van der Waals surface area contributed by atoms with Gasteiger partial charge in [0.25, 0.3) is 0 Å². The average Bonchev–Trinajstić information content (AvgIpc) is 3.50. The lowest BCUT2D eigenvalue weighted by molar-refractivity contribution is -0.143. The molecule has 0 aromatic heterocycles. The third kappa shape index (κ3) is 5.80. The number of hydrogen-bond acceptors (Lipinski definition) is 4. The Kier molecular flexibility index (Phi) is 7.04. The summed E-state index contributed by atoms with van der Waals surface area (Å²) in [5, 5.41) is 5.46. The second-order valence-corrected chi connectivity index (χ2v) is 7.59. The molecule has 2 aromatic rings. The van der Waals surface area contributed by atoms with Gasteiger partial charge in [-0.05, 0) is 48.9 Å². The van der Waals surface area contributed by atoms with Gasteiger partial charge in [-0.25, -0.2) is 0 Å². The van der Waals surface area contributed by atoms with Gasteiger partial charge in [-0.15, -0.1) is 0 Å². The fourth-order valence-electron chi connectivity index (χ4n) is 3.58. The van der Waals surface area contributed by atoms with Gasteiger partial charge in [0.15, 0.2) is 0 Å². The smallest absolute Gasteiger partial charge is 0.307 e. The van der Waals surface area contributed by atoms with Gasteiger partial charge in [0.05, 0.1) is 25.6 Å². The average molecular weight is 383 g/mol. The first-order chi connectivity index (χ1) is 13.6. The Labute approximate surface area is 167 Å². The van der Waals surface area contributed by atoms with Gasteiger partial charge in [0.1, 0.15) is 0 Å². The van der Waals surface area contributed by atoms with Crippen LogP contribution < -0.4 is 5.32 Å². The van der Waals surface area contributed by atoms with E-state index in [1.54, 1.807) is 0 Å². The number of amides is 1. The first kappa shape index (κ1) is 20.3. The summed E-state index contributed by atoms with van der Waals surface area (Å²) < 4.78 is 5.01. The van der Waals surface area contributed by atoms with Gasteiger partial charge in [0.2, 0.25) is 5.91 Å². The highest BCUT2D eigenvalue weighted by Gasteiger charge is 2.26. The Morgan fingerprint density at radius 1 is 1.18 bits per heavy atom. The summed E-state index contributed by atoms with van der Waals surface area (Å²) in [6.07, 6.45) is 2.75. The maximum absolute atomic E-state index is 12.7. The summed E-state index contributed by atoms with van der Waals surface area (Å²) in [5.41, 5.74) is 1.12. The largest absolute Gasteiger partial charge is 0.466 e. The van der Waals surface area contributed by atoms with Crippen molar-refractivity contribution in [2.75, 3.05) is 26.2 Å². The molecule has 1 aliphatic carbocycles. The first-order valence-electron chi connectivity index (χ1n) is 10.2. The van der Waals surface area contributed by atoms with Gasteiger partial charge in [-0.1, -0.05) is 42.5 Å². The minimum atomic E-state index is -0.201. The molecule has 0 saturated heterocycles. The normalized spacial score (nSPS) is 14.8. The van der Waals surface area contributed by atoms with Gasteiger partial charge in [-0.2, -0.15) is 0 Å². The van der Waals surface area contributed by atoms with Crippen molar-refractivity contribution in [3.8, 4) is 0 Å². The molecule has 0 spiro atoms. The van der Waals surface area contributed by atoms with Crippen LogP contribution in [0, 0.1) is 5.92 Å². The molecule has 1 fully saturated rings. The van der Waals surface area contributed by atoms with Crippen molar-refractivity contribution in [1.29, 1.82) is 0 Å². The number of rotatable bonds is 10. The number of hydrogen-bond donors (Lipinski definition) is 1. The molecule has 1 saturated carbocycles. The lowest BCUT2D eigenvalue weighted by Gasteiger charge is -2.23. The second-order valence-electron chi connectivity index (χ2n) is 7.59. The molecule has 5 heteroatoms. The van der Waals surface area contributed by atoms with E-state index in [4.69, 9.17) is 4.74 Å². The standard InChI is InChI=1S/C23H30N2O3/c1-3-28-23(27)13-14-25(15-18-11-12-18)16-22(26)24-17(2)20-10-6-8-19-7-4-5-9-21(19)20/h4-10,17-18H,3,11-16H2,1-2H3,(H,24,26). The molecule has 1 unspecified atom stereocenters. The van der Waals surface area contributed by atoms with E-state index in [1.807, 2.05) is 32.0 Å². The number of esters is 1. The fraction of sp³-hybridized carbons (Fsp3) is 0.478. The van der Waals surface area contributed by atoms with Crippen molar-refractivity contribution < 1.29 is 14.3 Å². The Balaban J connectivity index is 1.59. The number of fused-ring (bicyclic) bond motifs is 1. The monoisotopic (exact) mass is 382 g/mol. The highest BCUT2D eigenvalue weighted by Crippen LogP contribution is 2.29. The van der Waals surface area contributed by atoms with Crippen molar-refractivity contribution >= 4 is 22.6 Å². The molecule has 0 heterocycles. The van der Waals surface area contributed by atoms with E-state index in [0.717, 1.165) is 17.5 Å². The predicted octanol–water partition coefficient (Wildman–Crippen LogP) is 3.68. The lowest BCUT2D eigenvalue weighted by Crippen LogP contribution is -2.40. The third-order valence-electron chi connectivity index (χ3n) is 5.19. The van der Waals surface area contributed by atoms with Crippen molar-refractivity contribution in [3.05, 3.63) is 48.0 Å². The van der Waals surface area contributed by atoms with E-state index in [2.05, 4.69) is 34.5 Å². The molecule has 150 valence electrons. The van der Waals surface area contributed by atoms with Gasteiger partial charge in [0, 0.05) is 13.1 Å². The van der Waals surface area contributed by atoms with E-state index < -0.39 is 0 Å². The molecular weight excluding hydrogens is 352 g/mol. The highest BCUT2D eigenvalue weighted by molar-refractivity contribution is 5.87.